The number of furan rings is 1. The van der Waals surface area contributed by atoms with Gasteiger partial charge in [0.15, 0.2) is 4.67 Å². The van der Waals surface area contributed by atoms with Gasteiger partial charge in [0.25, 0.3) is 10.0 Å². The van der Waals surface area contributed by atoms with Gasteiger partial charge in [-0.05, 0) is 28.1 Å². The van der Waals surface area contributed by atoms with Crippen molar-refractivity contribution >= 4 is 26.0 Å². The molecular weight excluding hydrogens is 284 g/mol. The van der Waals surface area contributed by atoms with E-state index in [0.29, 0.717) is 30.8 Å². The van der Waals surface area contributed by atoms with Gasteiger partial charge in [-0.2, -0.15) is 4.31 Å². The third-order valence-corrected chi connectivity index (χ3v) is 4.42. The van der Waals surface area contributed by atoms with Gasteiger partial charge >= 0.3 is 0 Å². The highest BCUT2D eigenvalue weighted by molar-refractivity contribution is 9.10. The zero-order chi connectivity index (χ0) is 10.9. The molecule has 1 N–H and O–H groups in total. The summed E-state index contributed by atoms with van der Waals surface area (Å²) in [6.07, 6.45) is 0. The van der Waals surface area contributed by atoms with Crippen LogP contribution in [0.2, 0.25) is 0 Å². The summed E-state index contributed by atoms with van der Waals surface area (Å²) in [6, 6.07) is 3.04. The SMILES string of the molecule is O=S(=O)(c1ccc(Br)o1)N1CCNCC1. The Morgan fingerprint density at radius 2 is 2.00 bits per heavy atom. The second kappa shape index (κ2) is 4.25. The normalized spacial score (nSPS) is 19.3. The van der Waals surface area contributed by atoms with Crippen LogP contribution >= 0.6 is 15.9 Å². The van der Waals surface area contributed by atoms with Crippen molar-refractivity contribution in [2.24, 2.45) is 0 Å². The molecule has 0 aromatic carbocycles. The first-order chi connectivity index (χ1) is 7.10. The summed E-state index contributed by atoms with van der Waals surface area (Å²) in [5.41, 5.74) is 0. The summed E-state index contributed by atoms with van der Waals surface area (Å²) in [5, 5.41) is 3.09. The Balaban J connectivity index is 2.26. The molecule has 2 heterocycles. The Hall–Kier alpha value is -0.370. The number of nitrogens with zero attached hydrogens (tertiary/aromatic N) is 1. The van der Waals surface area contributed by atoms with Crippen LogP contribution in [0.3, 0.4) is 0 Å². The van der Waals surface area contributed by atoms with Crippen molar-refractivity contribution in [1.29, 1.82) is 0 Å². The monoisotopic (exact) mass is 294 g/mol. The molecule has 0 atom stereocenters. The second-order valence-corrected chi connectivity index (χ2v) is 5.86. The minimum atomic E-state index is -3.44. The van der Waals surface area contributed by atoms with Crippen molar-refractivity contribution in [3.63, 3.8) is 0 Å². The van der Waals surface area contributed by atoms with Crippen LogP contribution in [0.4, 0.5) is 0 Å². The Labute approximate surface area is 96.6 Å². The van der Waals surface area contributed by atoms with Crippen LogP contribution in [0.5, 0.6) is 0 Å². The molecule has 7 heteroatoms. The Kier molecular flexibility index (Phi) is 3.15. The second-order valence-electron chi connectivity index (χ2n) is 3.21. The van der Waals surface area contributed by atoms with E-state index in [1.807, 2.05) is 0 Å². The number of hydrogen-bond donors (Lipinski definition) is 1. The molecule has 1 aliphatic heterocycles. The topological polar surface area (TPSA) is 62.6 Å². The van der Waals surface area contributed by atoms with Crippen LogP contribution in [0.25, 0.3) is 0 Å². The number of nitrogens with one attached hydrogen (secondary N) is 1. The first-order valence-corrected chi connectivity index (χ1v) is 6.80. The summed E-state index contributed by atoms with van der Waals surface area (Å²) in [5.74, 6) is 0. The molecular formula is C8H11BrN2O3S. The van der Waals surface area contributed by atoms with Crippen molar-refractivity contribution in [1.82, 2.24) is 9.62 Å². The fraction of sp³-hybridized carbons (Fsp3) is 0.500. The van der Waals surface area contributed by atoms with Gasteiger partial charge in [-0.1, -0.05) is 0 Å². The van der Waals surface area contributed by atoms with Crippen LogP contribution in [0.15, 0.2) is 26.3 Å². The Bertz CT molecular complexity index is 436. The van der Waals surface area contributed by atoms with Gasteiger partial charge in [-0.15, -0.1) is 0 Å². The predicted molar refractivity (Wildman–Crippen MR) is 58.0 cm³/mol. The van der Waals surface area contributed by atoms with Gasteiger partial charge in [0.2, 0.25) is 5.09 Å². The molecule has 0 radical (unpaired) electrons. The zero-order valence-corrected chi connectivity index (χ0v) is 10.3. The lowest BCUT2D eigenvalue weighted by molar-refractivity contribution is 0.340. The Morgan fingerprint density at radius 3 is 2.53 bits per heavy atom. The largest absolute Gasteiger partial charge is 0.437 e. The van der Waals surface area contributed by atoms with E-state index in [0.717, 1.165) is 0 Å². The summed E-state index contributed by atoms with van der Waals surface area (Å²) in [7, 11) is -3.44. The van der Waals surface area contributed by atoms with Crippen molar-refractivity contribution < 1.29 is 12.8 Å². The molecule has 15 heavy (non-hydrogen) atoms. The molecule has 0 amide bonds. The van der Waals surface area contributed by atoms with E-state index in [1.165, 1.54) is 10.4 Å². The summed E-state index contributed by atoms with van der Waals surface area (Å²) in [6.45, 7) is 2.34. The highest BCUT2D eigenvalue weighted by atomic mass is 79.9. The summed E-state index contributed by atoms with van der Waals surface area (Å²) in [4.78, 5) is 0. The van der Waals surface area contributed by atoms with Gasteiger partial charge in [-0.25, -0.2) is 8.42 Å². The van der Waals surface area contributed by atoms with Crippen LogP contribution in [0, 0.1) is 0 Å². The van der Waals surface area contributed by atoms with E-state index in [1.54, 1.807) is 6.07 Å². The third kappa shape index (κ3) is 2.25. The maximum atomic E-state index is 12.0. The highest BCUT2D eigenvalue weighted by Gasteiger charge is 2.28. The molecule has 0 bridgehead atoms. The van der Waals surface area contributed by atoms with Gasteiger partial charge < -0.3 is 9.73 Å². The molecule has 0 spiro atoms. The predicted octanol–water partition coefficient (Wildman–Crippen LogP) is 0.636. The van der Waals surface area contributed by atoms with Crippen LogP contribution in [0.1, 0.15) is 0 Å². The average molecular weight is 295 g/mol. The van der Waals surface area contributed by atoms with Crippen molar-refractivity contribution in [2.75, 3.05) is 26.2 Å². The molecule has 0 saturated carbocycles. The number of rotatable bonds is 2. The number of sulfonamides is 1. The molecule has 1 aliphatic rings. The van der Waals surface area contributed by atoms with E-state index >= 15 is 0 Å². The zero-order valence-electron chi connectivity index (χ0n) is 7.94. The standard InChI is InChI=1S/C8H11BrN2O3S/c9-7-1-2-8(14-7)15(12,13)11-5-3-10-4-6-11/h1-2,10H,3-6H2. The lowest BCUT2D eigenvalue weighted by atomic mass is 10.4. The molecule has 1 aromatic heterocycles. The van der Waals surface area contributed by atoms with Gasteiger partial charge in [0, 0.05) is 26.2 Å². The van der Waals surface area contributed by atoms with Gasteiger partial charge in [-0.3, -0.25) is 0 Å². The lowest BCUT2D eigenvalue weighted by Gasteiger charge is -2.25. The maximum absolute atomic E-state index is 12.0. The molecule has 84 valence electrons. The van der Waals surface area contributed by atoms with E-state index < -0.39 is 10.0 Å². The fourth-order valence-electron chi connectivity index (χ4n) is 1.45. The van der Waals surface area contributed by atoms with Crippen molar-refractivity contribution in [2.45, 2.75) is 5.09 Å². The molecule has 0 aliphatic carbocycles. The quantitative estimate of drug-likeness (QED) is 0.869. The number of hydrogen-bond acceptors (Lipinski definition) is 4. The molecule has 1 saturated heterocycles. The summed E-state index contributed by atoms with van der Waals surface area (Å²) >= 11 is 3.09. The van der Waals surface area contributed by atoms with Crippen LogP contribution in [-0.2, 0) is 10.0 Å². The summed E-state index contributed by atoms with van der Waals surface area (Å²) < 4.78 is 30.9. The fourth-order valence-corrected chi connectivity index (χ4v) is 3.21. The van der Waals surface area contributed by atoms with Crippen molar-refractivity contribution in [3.8, 4) is 0 Å². The molecule has 1 aromatic rings. The lowest BCUT2D eigenvalue weighted by Crippen LogP contribution is -2.46. The molecule has 5 nitrogen and oxygen atoms in total. The average Bonchev–Trinajstić information content (AvgIpc) is 2.67. The first-order valence-electron chi connectivity index (χ1n) is 4.57. The van der Waals surface area contributed by atoms with E-state index in [2.05, 4.69) is 21.2 Å². The third-order valence-electron chi connectivity index (χ3n) is 2.22. The minimum Gasteiger partial charge on any atom is -0.437 e. The van der Waals surface area contributed by atoms with Crippen molar-refractivity contribution in [3.05, 3.63) is 16.8 Å². The Morgan fingerprint density at radius 1 is 1.33 bits per heavy atom. The van der Waals surface area contributed by atoms with E-state index in [4.69, 9.17) is 4.42 Å². The minimum absolute atomic E-state index is 0.00345. The first kappa shape index (κ1) is 11.1. The highest BCUT2D eigenvalue weighted by Crippen LogP contribution is 2.21. The van der Waals surface area contributed by atoms with E-state index in [-0.39, 0.29) is 5.09 Å². The molecule has 2 rings (SSSR count). The smallest absolute Gasteiger partial charge is 0.276 e. The number of halogens is 1. The van der Waals surface area contributed by atoms with E-state index in [9.17, 15) is 8.42 Å². The van der Waals surface area contributed by atoms with Crippen LogP contribution in [-0.4, -0.2) is 38.9 Å². The van der Waals surface area contributed by atoms with Crippen LogP contribution < -0.4 is 5.32 Å². The maximum Gasteiger partial charge on any atom is 0.276 e. The van der Waals surface area contributed by atoms with Gasteiger partial charge in [0.05, 0.1) is 0 Å². The van der Waals surface area contributed by atoms with Gasteiger partial charge in [0.1, 0.15) is 0 Å². The number of piperazine rings is 1. The molecule has 1 fully saturated rings. The molecule has 0 unspecified atom stereocenters.